The van der Waals surface area contributed by atoms with Crippen LogP contribution in [-0.4, -0.2) is 25.5 Å². The summed E-state index contributed by atoms with van der Waals surface area (Å²) in [7, 11) is -3.29. The molecular formula is C8H15NO3S. The molecule has 0 aromatic heterocycles. The van der Waals surface area contributed by atoms with E-state index < -0.39 is 21.3 Å². The maximum Gasteiger partial charge on any atom is 0.214 e. The first kappa shape index (κ1) is 10.7. The number of carbonyl (C=O) groups is 1. The molecule has 0 bridgehead atoms. The van der Waals surface area contributed by atoms with E-state index in [1.54, 1.807) is 13.8 Å². The van der Waals surface area contributed by atoms with Crippen LogP contribution in [-0.2, 0) is 14.8 Å². The highest BCUT2D eigenvalue weighted by molar-refractivity contribution is 7.90. The molecule has 76 valence electrons. The molecule has 0 spiro atoms. The molecule has 0 aliphatic heterocycles. The summed E-state index contributed by atoms with van der Waals surface area (Å²) in [5, 5.41) is -0.471. The van der Waals surface area contributed by atoms with E-state index in [1.165, 1.54) is 0 Å². The van der Waals surface area contributed by atoms with Gasteiger partial charge < -0.3 is 0 Å². The molecule has 0 heterocycles. The van der Waals surface area contributed by atoms with Crippen LogP contribution in [0.1, 0.15) is 33.1 Å². The van der Waals surface area contributed by atoms with E-state index in [0.717, 1.165) is 6.42 Å². The Bertz CT molecular complexity index is 295. The highest BCUT2D eigenvalue weighted by Crippen LogP contribution is 2.15. The van der Waals surface area contributed by atoms with Gasteiger partial charge in [0.2, 0.25) is 10.0 Å². The molecule has 5 heteroatoms. The lowest BCUT2D eigenvalue weighted by Gasteiger charge is -2.13. The number of hydrogen-bond acceptors (Lipinski definition) is 3. The third kappa shape index (κ3) is 2.51. The van der Waals surface area contributed by atoms with Crippen molar-refractivity contribution < 1.29 is 13.2 Å². The zero-order valence-corrected chi connectivity index (χ0v) is 8.73. The standard InChI is InChI=1S/C8H15NO3S/c1-6(2)13(11,12)9-7-4-3-5-8(7)10/h6-7,9H,3-5H2,1-2H3/t7-/m1/s1. The third-order valence-electron chi connectivity index (χ3n) is 2.23. The van der Waals surface area contributed by atoms with Gasteiger partial charge in [0.1, 0.15) is 0 Å². The summed E-state index contributed by atoms with van der Waals surface area (Å²) in [6.45, 7) is 3.20. The minimum Gasteiger partial charge on any atom is -0.298 e. The molecule has 1 fully saturated rings. The quantitative estimate of drug-likeness (QED) is 0.727. The van der Waals surface area contributed by atoms with Crippen LogP contribution >= 0.6 is 0 Å². The van der Waals surface area contributed by atoms with Crippen LogP contribution < -0.4 is 4.72 Å². The fourth-order valence-electron chi connectivity index (χ4n) is 1.27. The Morgan fingerprint density at radius 3 is 2.46 bits per heavy atom. The van der Waals surface area contributed by atoms with Crippen LogP contribution in [0.5, 0.6) is 0 Å². The van der Waals surface area contributed by atoms with Gasteiger partial charge in [-0.3, -0.25) is 4.79 Å². The summed E-state index contributed by atoms with van der Waals surface area (Å²) in [6.07, 6.45) is 1.94. The highest BCUT2D eigenvalue weighted by Gasteiger charge is 2.29. The van der Waals surface area contributed by atoms with Crippen LogP contribution in [0, 0.1) is 0 Å². The molecule has 1 aliphatic carbocycles. The Morgan fingerprint density at radius 1 is 1.46 bits per heavy atom. The summed E-state index contributed by atoms with van der Waals surface area (Å²) in [6, 6.07) is -0.465. The van der Waals surface area contributed by atoms with Crippen molar-refractivity contribution in [3.05, 3.63) is 0 Å². The van der Waals surface area contributed by atoms with Crippen molar-refractivity contribution in [2.45, 2.75) is 44.4 Å². The molecule has 1 N–H and O–H groups in total. The molecule has 1 saturated carbocycles. The van der Waals surface area contributed by atoms with Gasteiger partial charge in [0.15, 0.2) is 5.78 Å². The second kappa shape index (κ2) is 3.75. The zero-order valence-electron chi connectivity index (χ0n) is 7.91. The van der Waals surface area contributed by atoms with E-state index in [0.29, 0.717) is 12.8 Å². The minimum absolute atomic E-state index is 0.0178. The Kier molecular flexibility index (Phi) is 3.08. The van der Waals surface area contributed by atoms with Gasteiger partial charge in [-0.1, -0.05) is 0 Å². The van der Waals surface area contributed by atoms with Crippen molar-refractivity contribution in [2.24, 2.45) is 0 Å². The maximum absolute atomic E-state index is 11.4. The van der Waals surface area contributed by atoms with Crippen molar-refractivity contribution in [3.8, 4) is 0 Å². The van der Waals surface area contributed by atoms with Gasteiger partial charge in [0.05, 0.1) is 11.3 Å². The number of rotatable bonds is 3. The largest absolute Gasteiger partial charge is 0.298 e. The predicted molar refractivity (Wildman–Crippen MR) is 49.8 cm³/mol. The average Bonchev–Trinajstić information content (AvgIpc) is 2.35. The van der Waals surface area contributed by atoms with Crippen molar-refractivity contribution >= 4 is 15.8 Å². The molecule has 1 atom stereocenters. The van der Waals surface area contributed by atoms with Crippen molar-refractivity contribution in [1.82, 2.24) is 4.72 Å². The van der Waals surface area contributed by atoms with Gasteiger partial charge in [-0.05, 0) is 26.7 Å². The Balaban J connectivity index is 2.63. The number of carbonyl (C=O) groups excluding carboxylic acids is 1. The van der Waals surface area contributed by atoms with Gasteiger partial charge in [-0.15, -0.1) is 0 Å². The first-order valence-electron chi connectivity index (χ1n) is 4.47. The Labute approximate surface area is 78.8 Å². The zero-order chi connectivity index (χ0) is 10.1. The molecule has 0 saturated heterocycles. The van der Waals surface area contributed by atoms with Crippen molar-refractivity contribution in [3.63, 3.8) is 0 Å². The first-order valence-corrected chi connectivity index (χ1v) is 6.02. The molecule has 0 radical (unpaired) electrons. The van der Waals surface area contributed by atoms with Crippen LogP contribution in [0.25, 0.3) is 0 Å². The van der Waals surface area contributed by atoms with Crippen molar-refractivity contribution in [1.29, 1.82) is 0 Å². The second-order valence-corrected chi connectivity index (χ2v) is 5.89. The maximum atomic E-state index is 11.4. The highest BCUT2D eigenvalue weighted by atomic mass is 32.2. The lowest BCUT2D eigenvalue weighted by molar-refractivity contribution is -0.118. The molecule has 0 aromatic rings. The van der Waals surface area contributed by atoms with E-state index in [2.05, 4.69) is 4.72 Å². The summed E-state index contributed by atoms with van der Waals surface area (Å²) in [4.78, 5) is 11.1. The van der Waals surface area contributed by atoms with Crippen molar-refractivity contribution in [2.75, 3.05) is 0 Å². The topological polar surface area (TPSA) is 63.2 Å². The van der Waals surface area contributed by atoms with Crippen LogP contribution in [0.3, 0.4) is 0 Å². The Morgan fingerprint density at radius 2 is 2.08 bits per heavy atom. The SMILES string of the molecule is CC(C)S(=O)(=O)N[C@@H]1CCCC1=O. The third-order valence-corrected chi connectivity index (χ3v) is 4.09. The van der Waals surface area contributed by atoms with Crippen LogP contribution in [0.15, 0.2) is 0 Å². The van der Waals surface area contributed by atoms with Gasteiger partial charge in [-0.25, -0.2) is 13.1 Å². The number of Topliss-reactive ketones (excluding diaryl/α,β-unsaturated/α-hetero) is 1. The summed E-state index contributed by atoms with van der Waals surface area (Å²) < 4.78 is 25.2. The summed E-state index contributed by atoms with van der Waals surface area (Å²) >= 11 is 0. The molecule has 0 amide bonds. The molecule has 0 aromatic carbocycles. The normalized spacial score (nSPS) is 24.2. The molecule has 4 nitrogen and oxygen atoms in total. The van der Waals surface area contributed by atoms with Gasteiger partial charge in [0, 0.05) is 6.42 Å². The lowest BCUT2D eigenvalue weighted by Crippen LogP contribution is -2.41. The van der Waals surface area contributed by atoms with Gasteiger partial charge in [-0.2, -0.15) is 0 Å². The molecule has 0 unspecified atom stereocenters. The van der Waals surface area contributed by atoms with Gasteiger partial charge in [0.25, 0.3) is 0 Å². The number of nitrogens with one attached hydrogen (secondary N) is 1. The van der Waals surface area contributed by atoms with E-state index in [9.17, 15) is 13.2 Å². The van der Waals surface area contributed by atoms with E-state index in [-0.39, 0.29) is 5.78 Å². The molecule has 13 heavy (non-hydrogen) atoms. The fraction of sp³-hybridized carbons (Fsp3) is 0.875. The summed E-state index contributed by atoms with van der Waals surface area (Å²) in [5.74, 6) is 0.0178. The second-order valence-electron chi connectivity index (χ2n) is 3.62. The molecule has 1 rings (SSSR count). The fourth-order valence-corrected chi connectivity index (χ4v) is 2.19. The molecule has 1 aliphatic rings. The first-order chi connectivity index (χ1) is 5.93. The van der Waals surface area contributed by atoms with Gasteiger partial charge >= 0.3 is 0 Å². The predicted octanol–water partition coefficient (Wildman–Crippen LogP) is 0.436. The monoisotopic (exact) mass is 205 g/mol. The number of hydrogen-bond donors (Lipinski definition) is 1. The van der Waals surface area contributed by atoms with E-state index >= 15 is 0 Å². The average molecular weight is 205 g/mol. The lowest BCUT2D eigenvalue weighted by atomic mass is 10.3. The van der Waals surface area contributed by atoms with E-state index in [4.69, 9.17) is 0 Å². The minimum atomic E-state index is -3.29. The van der Waals surface area contributed by atoms with E-state index in [1.807, 2.05) is 0 Å². The molecular weight excluding hydrogens is 190 g/mol. The summed E-state index contributed by atoms with van der Waals surface area (Å²) in [5.41, 5.74) is 0. The van der Waals surface area contributed by atoms with Crippen LogP contribution in [0.2, 0.25) is 0 Å². The smallest absolute Gasteiger partial charge is 0.214 e. The van der Waals surface area contributed by atoms with Crippen LogP contribution in [0.4, 0.5) is 0 Å². The Hall–Kier alpha value is -0.420. The number of ketones is 1. The number of sulfonamides is 1.